The molecule has 0 heterocycles. The molecule has 0 radical (unpaired) electrons. The Hall–Kier alpha value is -2.67. The number of methoxy groups -OCH3 is 3. The molecule has 8 nitrogen and oxygen atoms in total. The van der Waals surface area contributed by atoms with Gasteiger partial charge in [0.1, 0.15) is 17.5 Å². The summed E-state index contributed by atoms with van der Waals surface area (Å²) in [5, 5.41) is 3.23. The fourth-order valence-corrected chi connectivity index (χ4v) is 5.98. The van der Waals surface area contributed by atoms with E-state index >= 15 is 0 Å². The van der Waals surface area contributed by atoms with Gasteiger partial charge in [0.2, 0.25) is 10.0 Å². The predicted octanol–water partition coefficient (Wildman–Crippen LogP) is 3.88. The van der Waals surface area contributed by atoms with E-state index in [0.29, 0.717) is 12.8 Å². The second kappa shape index (κ2) is 13.9. The summed E-state index contributed by atoms with van der Waals surface area (Å²) in [4.78, 5) is 12.8. The smallest absolute Gasteiger partial charge is 0.323 e. The molecule has 0 saturated carbocycles. The SMILES string of the molecule is COC(=O)[C@H](Cc1ccc(OC)cc1)NC[C@H](Cc1ccc(OC)c(I)c1)NS(=O)(=O)c1ccc(C)cc1. The predicted molar refractivity (Wildman–Crippen MR) is 155 cm³/mol. The summed E-state index contributed by atoms with van der Waals surface area (Å²) in [6.07, 6.45) is 0.767. The molecule has 2 atom stereocenters. The van der Waals surface area contributed by atoms with Crippen LogP contribution in [-0.2, 0) is 32.4 Å². The van der Waals surface area contributed by atoms with E-state index in [1.165, 1.54) is 7.11 Å². The molecule has 38 heavy (non-hydrogen) atoms. The first kappa shape index (κ1) is 29.9. The molecule has 0 aliphatic heterocycles. The molecule has 3 aromatic carbocycles. The van der Waals surface area contributed by atoms with Crippen molar-refractivity contribution in [2.45, 2.75) is 36.7 Å². The van der Waals surface area contributed by atoms with E-state index in [2.05, 4.69) is 32.6 Å². The number of benzene rings is 3. The summed E-state index contributed by atoms with van der Waals surface area (Å²) in [7, 11) is 0.728. The highest BCUT2D eigenvalue weighted by atomic mass is 127. The highest BCUT2D eigenvalue weighted by Crippen LogP contribution is 2.23. The lowest BCUT2D eigenvalue weighted by molar-refractivity contribution is -0.143. The maximum atomic E-state index is 13.2. The number of carbonyl (C=O) groups is 1. The van der Waals surface area contributed by atoms with Crippen molar-refractivity contribution in [1.29, 1.82) is 0 Å². The number of carbonyl (C=O) groups excluding carboxylic acids is 1. The van der Waals surface area contributed by atoms with Gasteiger partial charge in [-0.15, -0.1) is 0 Å². The number of sulfonamides is 1. The fourth-order valence-electron chi connectivity index (χ4n) is 3.94. The van der Waals surface area contributed by atoms with Gasteiger partial charge in [-0.3, -0.25) is 4.79 Å². The van der Waals surface area contributed by atoms with Crippen LogP contribution in [0.25, 0.3) is 0 Å². The van der Waals surface area contributed by atoms with Crippen LogP contribution in [0.2, 0.25) is 0 Å². The van der Waals surface area contributed by atoms with Gasteiger partial charge in [-0.25, -0.2) is 13.1 Å². The van der Waals surface area contributed by atoms with Crippen LogP contribution in [0.15, 0.2) is 71.6 Å². The standard InChI is InChI=1S/C28H33IN2O6S/c1-19-5-12-24(13-6-19)38(33,34)31-22(15-21-9-14-27(36-3)25(29)16-21)18-30-26(28(32)37-4)17-20-7-10-23(35-2)11-8-20/h5-14,16,22,26,30-31H,15,17-18H2,1-4H3/t22-,26-/m0/s1. The van der Waals surface area contributed by atoms with E-state index in [9.17, 15) is 13.2 Å². The van der Waals surface area contributed by atoms with Gasteiger partial charge in [-0.1, -0.05) is 35.9 Å². The summed E-state index contributed by atoms with van der Waals surface area (Å²) in [6, 6.07) is 18.6. The van der Waals surface area contributed by atoms with E-state index in [1.807, 2.05) is 49.4 Å². The molecule has 3 rings (SSSR count). The third-order valence-electron chi connectivity index (χ3n) is 6.05. The lowest BCUT2D eigenvalue weighted by Crippen LogP contribution is -2.49. The molecule has 0 bridgehead atoms. The van der Waals surface area contributed by atoms with E-state index in [0.717, 1.165) is 31.8 Å². The molecular weight excluding hydrogens is 619 g/mol. The van der Waals surface area contributed by atoms with Crippen molar-refractivity contribution < 1.29 is 27.4 Å². The maximum Gasteiger partial charge on any atom is 0.323 e. The molecule has 0 unspecified atom stereocenters. The zero-order valence-corrected chi connectivity index (χ0v) is 24.8. The second-order valence-electron chi connectivity index (χ2n) is 8.84. The number of nitrogens with one attached hydrogen (secondary N) is 2. The average Bonchev–Trinajstić information content (AvgIpc) is 2.91. The molecule has 0 aliphatic carbocycles. The second-order valence-corrected chi connectivity index (χ2v) is 11.7. The van der Waals surface area contributed by atoms with E-state index < -0.39 is 28.1 Å². The summed E-state index contributed by atoms with van der Waals surface area (Å²) in [6.45, 7) is 2.10. The first-order chi connectivity index (χ1) is 18.1. The highest BCUT2D eigenvalue weighted by molar-refractivity contribution is 14.1. The van der Waals surface area contributed by atoms with Gasteiger partial charge in [0.25, 0.3) is 0 Å². The van der Waals surface area contributed by atoms with Gasteiger partial charge in [0.15, 0.2) is 0 Å². The van der Waals surface area contributed by atoms with Crippen LogP contribution in [0.1, 0.15) is 16.7 Å². The molecule has 10 heteroatoms. The number of hydrogen-bond acceptors (Lipinski definition) is 7. The molecule has 0 spiro atoms. The van der Waals surface area contributed by atoms with Crippen molar-refractivity contribution in [3.8, 4) is 11.5 Å². The Morgan fingerprint density at radius 3 is 2.13 bits per heavy atom. The van der Waals surface area contributed by atoms with Gasteiger partial charge in [-0.2, -0.15) is 0 Å². The summed E-state index contributed by atoms with van der Waals surface area (Å²) < 4.78 is 45.8. The minimum atomic E-state index is -3.81. The topological polar surface area (TPSA) is 103 Å². The van der Waals surface area contributed by atoms with Crippen molar-refractivity contribution >= 4 is 38.6 Å². The van der Waals surface area contributed by atoms with E-state index in [1.54, 1.807) is 38.5 Å². The molecular formula is C28H33IN2O6S. The summed E-state index contributed by atoms with van der Waals surface area (Å²) in [5.74, 6) is 1.03. The van der Waals surface area contributed by atoms with Crippen molar-refractivity contribution in [2.24, 2.45) is 0 Å². The molecule has 2 N–H and O–H groups in total. The fraction of sp³-hybridized carbons (Fsp3) is 0.321. The quantitative estimate of drug-likeness (QED) is 0.214. The first-order valence-electron chi connectivity index (χ1n) is 12.0. The maximum absolute atomic E-state index is 13.2. The van der Waals surface area contributed by atoms with Crippen LogP contribution in [0.4, 0.5) is 0 Å². The third-order valence-corrected chi connectivity index (χ3v) is 8.43. The Morgan fingerprint density at radius 1 is 0.895 bits per heavy atom. The highest BCUT2D eigenvalue weighted by Gasteiger charge is 2.25. The largest absolute Gasteiger partial charge is 0.497 e. The van der Waals surface area contributed by atoms with Crippen LogP contribution < -0.4 is 19.5 Å². The third kappa shape index (κ3) is 8.42. The number of ether oxygens (including phenoxy) is 3. The number of aryl methyl sites for hydroxylation is 1. The molecule has 3 aromatic rings. The van der Waals surface area contributed by atoms with Crippen LogP contribution in [0, 0.1) is 10.5 Å². The zero-order chi connectivity index (χ0) is 27.7. The summed E-state index contributed by atoms with van der Waals surface area (Å²) in [5.41, 5.74) is 2.81. The van der Waals surface area contributed by atoms with Gasteiger partial charge in [0.05, 0.1) is 29.8 Å². The molecule has 204 valence electrons. The van der Waals surface area contributed by atoms with E-state index in [4.69, 9.17) is 14.2 Å². The van der Waals surface area contributed by atoms with Crippen LogP contribution in [0.5, 0.6) is 11.5 Å². The number of esters is 1. The Kier molecular flexibility index (Phi) is 11.0. The number of halogens is 1. The van der Waals surface area contributed by atoms with Crippen molar-refractivity contribution in [3.05, 3.63) is 87.0 Å². The van der Waals surface area contributed by atoms with Crippen LogP contribution in [-0.4, -0.2) is 54.3 Å². The number of rotatable bonds is 13. The van der Waals surface area contributed by atoms with Gasteiger partial charge in [0, 0.05) is 12.6 Å². The van der Waals surface area contributed by atoms with Gasteiger partial charge in [-0.05, 0) is 89.9 Å². The van der Waals surface area contributed by atoms with Crippen molar-refractivity contribution in [1.82, 2.24) is 10.0 Å². The molecule has 0 saturated heterocycles. The Morgan fingerprint density at radius 2 is 1.55 bits per heavy atom. The van der Waals surface area contributed by atoms with Crippen LogP contribution in [0.3, 0.4) is 0 Å². The zero-order valence-electron chi connectivity index (χ0n) is 21.9. The first-order valence-corrected chi connectivity index (χ1v) is 14.6. The minimum Gasteiger partial charge on any atom is -0.497 e. The Balaban J connectivity index is 1.82. The van der Waals surface area contributed by atoms with Crippen LogP contribution >= 0.6 is 22.6 Å². The average molecular weight is 653 g/mol. The minimum absolute atomic E-state index is 0.181. The molecule has 0 aromatic heterocycles. The lowest BCUT2D eigenvalue weighted by atomic mass is 10.0. The van der Waals surface area contributed by atoms with Gasteiger partial charge < -0.3 is 19.5 Å². The Labute approximate surface area is 238 Å². The normalized spacial score (nSPS) is 13.0. The van der Waals surface area contributed by atoms with Crippen molar-refractivity contribution in [2.75, 3.05) is 27.9 Å². The summed E-state index contributed by atoms with van der Waals surface area (Å²) >= 11 is 2.19. The monoisotopic (exact) mass is 652 g/mol. The van der Waals surface area contributed by atoms with Gasteiger partial charge >= 0.3 is 5.97 Å². The molecule has 0 aliphatic rings. The van der Waals surface area contributed by atoms with E-state index in [-0.39, 0.29) is 11.4 Å². The lowest BCUT2D eigenvalue weighted by Gasteiger charge is -2.23. The number of hydrogen-bond donors (Lipinski definition) is 2. The Bertz CT molecular complexity index is 1310. The van der Waals surface area contributed by atoms with Crippen molar-refractivity contribution in [3.63, 3.8) is 0 Å². The molecule has 0 amide bonds. The molecule has 0 fully saturated rings.